The standard InChI is InChI=1S/C43H41Cl3N2O10/c1-24-15-28-16-31-41(49)47-30(35(48(31)42(50)55-21-43(44,45)46)33(28)39(36(24)52-4)54-19-27-13-9-6-10-14-27)17-29-34(32(47)20-53-18-26-11-7-5-8-12-26)40-38(57-23-58-40)25(2)37(29)56-22-51-3/h5-15,17,31-32,35H,16,18-23H2,1-4H3/t31-,32-,35-/m0/s1. The van der Waals surface area contributed by atoms with Crippen molar-refractivity contribution in [1.82, 2.24) is 9.80 Å². The van der Waals surface area contributed by atoms with Gasteiger partial charge in [0.2, 0.25) is 10.6 Å². The fourth-order valence-electron chi connectivity index (χ4n) is 8.30. The number of hydrogen-bond donors (Lipinski definition) is 0. The Morgan fingerprint density at radius 1 is 0.879 bits per heavy atom. The van der Waals surface area contributed by atoms with E-state index < -0.39 is 34.6 Å². The number of piperazine rings is 1. The summed E-state index contributed by atoms with van der Waals surface area (Å²) in [6, 6.07) is 18.7. The summed E-state index contributed by atoms with van der Waals surface area (Å²) in [5.74, 6) is 1.96. The summed E-state index contributed by atoms with van der Waals surface area (Å²) in [6.45, 7) is 3.64. The van der Waals surface area contributed by atoms with Crippen molar-refractivity contribution in [1.29, 1.82) is 0 Å². The monoisotopic (exact) mass is 850 g/mol. The molecule has 0 saturated carbocycles. The first-order chi connectivity index (χ1) is 28.0. The van der Waals surface area contributed by atoms with E-state index in [1.165, 1.54) is 12.0 Å². The molecule has 304 valence electrons. The molecule has 58 heavy (non-hydrogen) atoms. The SMILES string of the molecule is COCOc1c(C)c2c(c3c1C=C1[C@H]4c5c(cc(C)c(OC)c5OCc5ccccc5)C[C@@H](C(=O)N1[C@H]3COCc1ccccc1)N4C(=O)OCC(Cl)(Cl)Cl)OCO2. The van der Waals surface area contributed by atoms with E-state index in [1.807, 2.05) is 86.7 Å². The van der Waals surface area contributed by atoms with Crippen LogP contribution in [0.3, 0.4) is 0 Å². The molecule has 2 amide bonds. The van der Waals surface area contributed by atoms with E-state index in [1.54, 1.807) is 12.0 Å². The Labute approximate surface area is 350 Å². The van der Waals surface area contributed by atoms with Gasteiger partial charge in [-0.25, -0.2) is 4.79 Å². The summed E-state index contributed by atoms with van der Waals surface area (Å²) in [4.78, 5) is 32.8. The van der Waals surface area contributed by atoms with Gasteiger partial charge in [0, 0.05) is 41.5 Å². The van der Waals surface area contributed by atoms with Crippen LogP contribution in [0.4, 0.5) is 4.79 Å². The average molecular weight is 852 g/mol. The van der Waals surface area contributed by atoms with Gasteiger partial charge in [0.05, 0.1) is 26.4 Å². The molecule has 4 aromatic rings. The van der Waals surface area contributed by atoms with Crippen LogP contribution in [0, 0.1) is 13.8 Å². The Kier molecular flexibility index (Phi) is 11.3. The van der Waals surface area contributed by atoms with Crippen molar-refractivity contribution >= 4 is 52.9 Å². The van der Waals surface area contributed by atoms with Crippen LogP contribution in [0.25, 0.3) is 6.08 Å². The topological polar surface area (TPSA) is 114 Å². The molecule has 0 N–H and O–H groups in total. The van der Waals surface area contributed by atoms with Gasteiger partial charge in [0.25, 0.3) is 5.91 Å². The van der Waals surface area contributed by atoms with Gasteiger partial charge >= 0.3 is 6.09 Å². The first-order valence-electron chi connectivity index (χ1n) is 18.6. The van der Waals surface area contributed by atoms with Crippen LogP contribution >= 0.6 is 34.8 Å². The number of hydrogen-bond acceptors (Lipinski definition) is 10. The first-order valence-corrected chi connectivity index (χ1v) is 19.8. The van der Waals surface area contributed by atoms with Gasteiger partial charge in [-0.3, -0.25) is 9.69 Å². The highest BCUT2D eigenvalue weighted by atomic mass is 35.6. The Balaban J connectivity index is 1.35. The molecular weight excluding hydrogens is 811 g/mol. The van der Waals surface area contributed by atoms with E-state index in [2.05, 4.69) is 0 Å². The molecule has 4 aromatic carbocycles. The van der Waals surface area contributed by atoms with Crippen LogP contribution in [0.15, 0.2) is 72.4 Å². The van der Waals surface area contributed by atoms with Crippen LogP contribution in [0.2, 0.25) is 0 Å². The van der Waals surface area contributed by atoms with Crippen molar-refractivity contribution in [3.63, 3.8) is 0 Å². The van der Waals surface area contributed by atoms with E-state index in [0.29, 0.717) is 56.7 Å². The Hall–Kier alpha value is -4.85. The molecule has 1 fully saturated rings. The van der Waals surface area contributed by atoms with Gasteiger partial charge < -0.3 is 42.8 Å². The van der Waals surface area contributed by atoms with Gasteiger partial charge in [-0.2, -0.15) is 0 Å². The maximum atomic E-state index is 15.3. The molecule has 4 heterocycles. The van der Waals surface area contributed by atoms with Crippen molar-refractivity contribution in [2.24, 2.45) is 0 Å². The summed E-state index contributed by atoms with van der Waals surface area (Å²) in [6.07, 6.45) is 1.12. The van der Waals surface area contributed by atoms with Gasteiger partial charge in [-0.05, 0) is 42.2 Å². The van der Waals surface area contributed by atoms with E-state index in [9.17, 15) is 4.79 Å². The van der Waals surface area contributed by atoms with Gasteiger partial charge in [0.1, 0.15) is 31.0 Å². The van der Waals surface area contributed by atoms with Crippen LogP contribution < -0.4 is 23.7 Å². The predicted molar refractivity (Wildman–Crippen MR) is 216 cm³/mol. The second-order valence-corrected chi connectivity index (χ2v) is 16.8. The molecule has 4 aliphatic heterocycles. The molecule has 2 bridgehead atoms. The molecule has 0 aromatic heterocycles. The number of methoxy groups -OCH3 is 2. The fraction of sp³-hybridized carbons (Fsp3) is 0.349. The number of ether oxygens (including phenoxy) is 8. The number of carbonyl (C=O) groups is 2. The number of benzene rings is 4. The summed E-state index contributed by atoms with van der Waals surface area (Å²) >= 11 is 18.2. The maximum Gasteiger partial charge on any atom is 0.411 e. The van der Waals surface area contributed by atoms with Crippen molar-refractivity contribution in [3.05, 3.63) is 117 Å². The Morgan fingerprint density at radius 3 is 2.24 bits per heavy atom. The third-order valence-electron chi connectivity index (χ3n) is 10.6. The summed E-state index contributed by atoms with van der Waals surface area (Å²) in [5.41, 5.74) is 6.44. The molecule has 15 heteroatoms. The molecule has 1 saturated heterocycles. The van der Waals surface area contributed by atoms with Crippen molar-refractivity contribution in [2.45, 2.75) is 55.4 Å². The highest BCUT2D eigenvalue weighted by Crippen LogP contribution is 2.59. The number of aryl methyl sites for hydroxylation is 1. The minimum Gasteiger partial charge on any atom is -0.493 e. The zero-order valence-corrected chi connectivity index (χ0v) is 34.5. The molecular formula is C43H41Cl3N2O10. The lowest BCUT2D eigenvalue weighted by atomic mass is 9.77. The van der Waals surface area contributed by atoms with Crippen LogP contribution in [0.5, 0.6) is 28.7 Å². The lowest BCUT2D eigenvalue weighted by Crippen LogP contribution is -2.63. The zero-order valence-electron chi connectivity index (χ0n) is 32.2. The van der Waals surface area contributed by atoms with Crippen molar-refractivity contribution < 1.29 is 47.5 Å². The minimum atomic E-state index is -1.91. The third-order valence-corrected chi connectivity index (χ3v) is 11.0. The van der Waals surface area contributed by atoms with Crippen LogP contribution in [-0.2, 0) is 38.6 Å². The van der Waals surface area contributed by atoms with E-state index >= 15 is 4.79 Å². The lowest BCUT2D eigenvalue weighted by molar-refractivity contribution is -0.145. The van der Waals surface area contributed by atoms with Crippen molar-refractivity contribution in [2.75, 3.05) is 41.0 Å². The maximum absolute atomic E-state index is 15.3. The number of fused-ring (bicyclic) bond motifs is 9. The normalized spacial score (nSPS) is 18.8. The summed E-state index contributed by atoms with van der Waals surface area (Å²) in [7, 11) is 3.10. The third kappa shape index (κ3) is 7.37. The zero-order chi connectivity index (χ0) is 40.7. The summed E-state index contributed by atoms with van der Waals surface area (Å²) in [5, 5.41) is 0. The second-order valence-electron chi connectivity index (χ2n) is 14.3. The summed E-state index contributed by atoms with van der Waals surface area (Å²) < 4.78 is 46.7. The quantitative estimate of drug-likeness (QED) is 0.102. The highest BCUT2D eigenvalue weighted by molar-refractivity contribution is 6.67. The Bertz CT molecular complexity index is 2250. The Morgan fingerprint density at radius 2 is 1.57 bits per heavy atom. The number of alkyl halides is 3. The average Bonchev–Trinajstić information content (AvgIpc) is 3.71. The molecule has 0 spiro atoms. The largest absolute Gasteiger partial charge is 0.493 e. The number of carbonyl (C=O) groups excluding carboxylic acids is 2. The molecule has 8 rings (SSSR count). The van der Waals surface area contributed by atoms with Gasteiger partial charge in [-0.1, -0.05) is 102 Å². The predicted octanol–water partition coefficient (Wildman–Crippen LogP) is 8.53. The number of nitrogens with zero attached hydrogens (tertiary/aromatic N) is 2. The van der Waals surface area contributed by atoms with Crippen LogP contribution in [0.1, 0.15) is 56.6 Å². The van der Waals surface area contributed by atoms with Crippen molar-refractivity contribution in [3.8, 4) is 28.7 Å². The molecule has 0 radical (unpaired) electrons. The fourth-order valence-corrected chi connectivity index (χ4v) is 8.47. The van der Waals surface area contributed by atoms with Crippen LogP contribution in [-0.4, -0.2) is 72.7 Å². The molecule has 4 aliphatic rings. The smallest absolute Gasteiger partial charge is 0.411 e. The number of amides is 2. The molecule has 3 atom stereocenters. The number of halogens is 3. The second kappa shape index (κ2) is 16.4. The molecule has 0 unspecified atom stereocenters. The highest BCUT2D eigenvalue weighted by Gasteiger charge is 2.56. The van der Waals surface area contributed by atoms with Gasteiger partial charge in [-0.15, -0.1) is 0 Å². The number of rotatable bonds is 12. The van der Waals surface area contributed by atoms with E-state index in [0.717, 1.165) is 22.3 Å². The lowest BCUT2D eigenvalue weighted by Gasteiger charge is -2.54. The first kappa shape index (κ1) is 40.0. The minimum absolute atomic E-state index is 0.0266. The molecule has 12 nitrogen and oxygen atoms in total. The molecule has 0 aliphatic carbocycles. The van der Waals surface area contributed by atoms with Gasteiger partial charge in [0.15, 0.2) is 29.8 Å². The van der Waals surface area contributed by atoms with E-state index in [-0.39, 0.29) is 45.7 Å². The van der Waals surface area contributed by atoms with E-state index in [4.69, 9.17) is 72.7 Å².